The third kappa shape index (κ3) is 3.57. The first-order chi connectivity index (χ1) is 16.0. The van der Waals surface area contributed by atoms with E-state index < -0.39 is 0 Å². The molecule has 0 aliphatic carbocycles. The summed E-state index contributed by atoms with van der Waals surface area (Å²) in [6, 6.07) is 24.3. The molecule has 33 heavy (non-hydrogen) atoms. The lowest BCUT2D eigenvalue weighted by Gasteiger charge is -2.11. The van der Waals surface area contributed by atoms with Gasteiger partial charge in [-0.05, 0) is 22.3 Å². The lowest BCUT2D eigenvalue weighted by Crippen LogP contribution is -2.38. The zero-order chi connectivity index (χ0) is 23.1. The molecule has 0 fully saturated rings. The second kappa shape index (κ2) is 8.20. The first kappa shape index (κ1) is 20.9. The summed E-state index contributed by atoms with van der Waals surface area (Å²) in [6.07, 6.45) is 0. The topological polar surface area (TPSA) is 61.8 Å². The minimum Gasteiger partial charge on any atom is -0.276 e. The van der Waals surface area contributed by atoms with E-state index >= 15 is 0 Å². The third-order valence-electron chi connectivity index (χ3n) is 6.02. The fraction of sp³-hybridized carbons (Fsp3) is 0.222. The SMILES string of the molecule is CC(C)Cn1c(=O)n(C)c(=O)c2c(-c3ccccc3)n(Cc3cccc4ccccc34)nc21. The zero-order valence-corrected chi connectivity index (χ0v) is 19.0. The maximum atomic E-state index is 13.4. The van der Waals surface area contributed by atoms with Crippen LogP contribution in [0.5, 0.6) is 0 Å². The molecule has 0 saturated heterocycles. The molecule has 2 aromatic heterocycles. The lowest BCUT2D eigenvalue weighted by molar-refractivity contribution is 0.498. The van der Waals surface area contributed by atoms with E-state index in [1.54, 1.807) is 4.57 Å². The lowest BCUT2D eigenvalue weighted by atomic mass is 10.0. The van der Waals surface area contributed by atoms with Crippen molar-refractivity contribution in [3.63, 3.8) is 0 Å². The molecule has 0 bridgehead atoms. The second-order valence-electron chi connectivity index (χ2n) is 8.86. The second-order valence-corrected chi connectivity index (χ2v) is 8.86. The van der Waals surface area contributed by atoms with Crippen molar-refractivity contribution in [3.8, 4) is 11.3 Å². The Kier molecular flexibility index (Phi) is 5.21. The van der Waals surface area contributed by atoms with Crippen molar-refractivity contribution in [1.29, 1.82) is 0 Å². The van der Waals surface area contributed by atoms with Crippen LogP contribution in [-0.2, 0) is 20.1 Å². The van der Waals surface area contributed by atoms with Crippen LogP contribution < -0.4 is 11.2 Å². The quantitative estimate of drug-likeness (QED) is 0.408. The maximum Gasteiger partial charge on any atom is 0.332 e. The van der Waals surface area contributed by atoms with Gasteiger partial charge in [0.15, 0.2) is 5.65 Å². The molecule has 0 radical (unpaired) electrons. The molecule has 2 heterocycles. The largest absolute Gasteiger partial charge is 0.332 e. The van der Waals surface area contributed by atoms with Gasteiger partial charge in [-0.25, -0.2) is 4.79 Å². The third-order valence-corrected chi connectivity index (χ3v) is 6.02. The van der Waals surface area contributed by atoms with Crippen LogP contribution in [0.15, 0.2) is 82.4 Å². The van der Waals surface area contributed by atoms with E-state index in [-0.39, 0.29) is 17.2 Å². The summed E-state index contributed by atoms with van der Waals surface area (Å²) >= 11 is 0. The summed E-state index contributed by atoms with van der Waals surface area (Å²) in [6.45, 7) is 5.07. The number of hydrogen-bond donors (Lipinski definition) is 0. The molecule has 0 saturated carbocycles. The Morgan fingerprint density at radius 3 is 2.33 bits per heavy atom. The molecule has 0 amide bonds. The highest BCUT2D eigenvalue weighted by Gasteiger charge is 2.22. The summed E-state index contributed by atoms with van der Waals surface area (Å²) in [7, 11) is 1.54. The van der Waals surface area contributed by atoms with Gasteiger partial charge in [-0.3, -0.25) is 18.6 Å². The minimum absolute atomic E-state index is 0.229. The van der Waals surface area contributed by atoms with E-state index in [0.717, 1.165) is 27.6 Å². The fourth-order valence-corrected chi connectivity index (χ4v) is 4.49. The predicted octanol–water partition coefficient (Wildman–Crippen LogP) is 4.42. The maximum absolute atomic E-state index is 13.4. The molecule has 0 aliphatic heterocycles. The summed E-state index contributed by atoms with van der Waals surface area (Å²) < 4.78 is 4.70. The predicted molar refractivity (Wildman–Crippen MR) is 133 cm³/mol. The summed E-state index contributed by atoms with van der Waals surface area (Å²) in [5, 5.41) is 7.65. The number of benzene rings is 3. The highest BCUT2D eigenvalue weighted by atomic mass is 16.2. The molecule has 5 aromatic rings. The first-order valence-corrected chi connectivity index (χ1v) is 11.2. The van der Waals surface area contributed by atoms with Gasteiger partial charge in [0.2, 0.25) is 0 Å². The molecule has 0 atom stereocenters. The summed E-state index contributed by atoms with van der Waals surface area (Å²) in [5.41, 5.74) is 2.51. The number of rotatable bonds is 5. The van der Waals surface area contributed by atoms with Gasteiger partial charge in [-0.1, -0.05) is 86.6 Å². The standard InChI is InChI=1S/C27H26N4O2/c1-18(2)16-30-25-23(26(32)29(3)27(30)33)24(20-11-5-4-6-12-20)31(28-25)17-21-14-9-13-19-10-7-8-15-22(19)21/h4-15,18H,16-17H2,1-3H3. The Hall–Kier alpha value is -3.93. The molecular weight excluding hydrogens is 412 g/mol. The van der Waals surface area contributed by atoms with E-state index in [2.05, 4.69) is 38.1 Å². The molecule has 6 nitrogen and oxygen atoms in total. The van der Waals surface area contributed by atoms with E-state index in [4.69, 9.17) is 5.10 Å². The monoisotopic (exact) mass is 438 g/mol. The van der Waals surface area contributed by atoms with E-state index in [1.807, 2.05) is 53.2 Å². The van der Waals surface area contributed by atoms with Crippen LogP contribution in [-0.4, -0.2) is 18.9 Å². The van der Waals surface area contributed by atoms with Crippen LogP contribution in [0.2, 0.25) is 0 Å². The van der Waals surface area contributed by atoms with Crippen LogP contribution in [0.25, 0.3) is 33.1 Å². The Labute approximate surface area is 191 Å². The Morgan fingerprint density at radius 2 is 1.58 bits per heavy atom. The summed E-state index contributed by atoms with van der Waals surface area (Å²) in [4.78, 5) is 26.4. The van der Waals surface area contributed by atoms with Crippen molar-refractivity contribution >= 4 is 21.8 Å². The number of nitrogens with zero attached hydrogens (tertiary/aromatic N) is 4. The van der Waals surface area contributed by atoms with Crippen molar-refractivity contribution in [3.05, 3.63) is 99.2 Å². The van der Waals surface area contributed by atoms with Gasteiger partial charge in [0, 0.05) is 19.2 Å². The van der Waals surface area contributed by atoms with Gasteiger partial charge in [-0.2, -0.15) is 5.10 Å². The van der Waals surface area contributed by atoms with Crippen LogP contribution in [0.3, 0.4) is 0 Å². The normalized spacial score (nSPS) is 11.6. The zero-order valence-electron chi connectivity index (χ0n) is 19.0. The van der Waals surface area contributed by atoms with Crippen molar-refractivity contribution < 1.29 is 0 Å². The Balaban J connectivity index is 1.84. The van der Waals surface area contributed by atoms with Gasteiger partial charge >= 0.3 is 5.69 Å². The smallest absolute Gasteiger partial charge is 0.276 e. The van der Waals surface area contributed by atoms with Gasteiger partial charge in [0.1, 0.15) is 5.39 Å². The molecule has 5 rings (SSSR count). The highest BCUT2D eigenvalue weighted by molar-refractivity contribution is 5.91. The molecule has 0 aliphatic rings. The molecule has 166 valence electrons. The average molecular weight is 439 g/mol. The molecule has 0 spiro atoms. The fourth-order valence-electron chi connectivity index (χ4n) is 4.49. The average Bonchev–Trinajstić information content (AvgIpc) is 3.20. The van der Waals surface area contributed by atoms with Gasteiger partial charge in [0.05, 0.1) is 12.2 Å². The molecular formula is C27H26N4O2. The van der Waals surface area contributed by atoms with Crippen LogP contribution in [0.1, 0.15) is 19.4 Å². The number of hydrogen-bond acceptors (Lipinski definition) is 3. The molecule has 0 N–H and O–H groups in total. The van der Waals surface area contributed by atoms with Gasteiger partial charge < -0.3 is 0 Å². The summed E-state index contributed by atoms with van der Waals surface area (Å²) in [5.74, 6) is 0.229. The van der Waals surface area contributed by atoms with Crippen LogP contribution in [0, 0.1) is 5.92 Å². The minimum atomic E-state index is -0.337. The highest BCUT2D eigenvalue weighted by Crippen LogP contribution is 2.28. The van der Waals surface area contributed by atoms with Crippen molar-refractivity contribution in [2.24, 2.45) is 13.0 Å². The first-order valence-electron chi connectivity index (χ1n) is 11.2. The van der Waals surface area contributed by atoms with E-state index in [9.17, 15) is 9.59 Å². The van der Waals surface area contributed by atoms with Gasteiger partial charge in [-0.15, -0.1) is 0 Å². The van der Waals surface area contributed by atoms with Gasteiger partial charge in [0.25, 0.3) is 5.56 Å². The Bertz CT molecular complexity index is 1590. The van der Waals surface area contributed by atoms with Crippen molar-refractivity contribution in [1.82, 2.24) is 18.9 Å². The van der Waals surface area contributed by atoms with Crippen LogP contribution >= 0.6 is 0 Å². The van der Waals surface area contributed by atoms with Crippen molar-refractivity contribution in [2.45, 2.75) is 26.9 Å². The molecule has 3 aromatic carbocycles. The molecule has 0 unspecified atom stereocenters. The van der Waals surface area contributed by atoms with E-state index in [1.165, 1.54) is 11.6 Å². The van der Waals surface area contributed by atoms with Crippen molar-refractivity contribution in [2.75, 3.05) is 0 Å². The number of fused-ring (bicyclic) bond motifs is 2. The molecule has 6 heteroatoms. The van der Waals surface area contributed by atoms with Crippen LogP contribution in [0.4, 0.5) is 0 Å². The Morgan fingerprint density at radius 1 is 0.879 bits per heavy atom. The van der Waals surface area contributed by atoms with E-state index in [0.29, 0.717) is 24.1 Å². The number of aromatic nitrogens is 4.